The average Bonchev–Trinajstić information content (AvgIpc) is 2.72. The van der Waals surface area contributed by atoms with Crippen molar-refractivity contribution in [1.29, 1.82) is 0 Å². The molecular weight excluding hydrogens is 176 g/mol. The molecule has 1 fully saturated rings. The molecule has 3 nitrogen and oxygen atoms in total. The van der Waals surface area contributed by atoms with Crippen LogP contribution in [-0.2, 0) is 11.3 Å². The number of hydrogen-bond donors (Lipinski definition) is 0. The highest BCUT2D eigenvalue weighted by Gasteiger charge is 2.20. The third-order valence-electron chi connectivity index (χ3n) is 2.94. The van der Waals surface area contributed by atoms with Crippen LogP contribution in [-0.4, -0.2) is 15.6 Å². The van der Waals surface area contributed by atoms with Gasteiger partial charge in [-0.15, -0.1) is 0 Å². The number of carbonyl (C=O) groups excluding carboxylic acids is 1. The number of rotatable bonds is 3. The molecule has 14 heavy (non-hydrogen) atoms. The molecule has 0 aliphatic heterocycles. The largest absolute Gasteiger partial charge is 0.297 e. The van der Waals surface area contributed by atoms with Crippen LogP contribution < -0.4 is 0 Å². The van der Waals surface area contributed by atoms with Crippen molar-refractivity contribution < 1.29 is 4.79 Å². The van der Waals surface area contributed by atoms with Gasteiger partial charge in [0.05, 0.1) is 6.54 Å². The molecule has 0 unspecified atom stereocenters. The molecule has 1 heterocycles. The average molecular weight is 192 g/mol. The van der Waals surface area contributed by atoms with E-state index in [9.17, 15) is 4.79 Å². The van der Waals surface area contributed by atoms with E-state index in [0.29, 0.717) is 18.2 Å². The second-order valence-corrected chi connectivity index (χ2v) is 4.00. The van der Waals surface area contributed by atoms with Crippen LogP contribution in [0.15, 0.2) is 18.5 Å². The minimum Gasteiger partial charge on any atom is -0.297 e. The molecule has 0 amide bonds. The first-order valence-electron chi connectivity index (χ1n) is 5.36. The molecule has 76 valence electrons. The van der Waals surface area contributed by atoms with E-state index in [1.807, 2.05) is 12.3 Å². The Labute approximate surface area is 84.1 Å². The third-order valence-corrected chi connectivity index (χ3v) is 2.94. The molecule has 0 bridgehead atoms. The summed E-state index contributed by atoms with van der Waals surface area (Å²) in [4.78, 5) is 11.8. The minimum absolute atomic E-state index is 0.299. The first kappa shape index (κ1) is 9.44. The summed E-state index contributed by atoms with van der Waals surface area (Å²) >= 11 is 0. The fourth-order valence-corrected chi connectivity index (χ4v) is 2.11. The van der Waals surface area contributed by atoms with Gasteiger partial charge in [-0.1, -0.05) is 19.3 Å². The molecule has 1 aromatic rings. The van der Waals surface area contributed by atoms with Crippen LogP contribution in [0.3, 0.4) is 0 Å². The van der Waals surface area contributed by atoms with Gasteiger partial charge in [-0.3, -0.25) is 9.48 Å². The molecule has 0 spiro atoms. The third kappa shape index (κ3) is 2.22. The zero-order chi connectivity index (χ0) is 9.80. The second kappa shape index (κ2) is 4.40. The number of hydrogen-bond acceptors (Lipinski definition) is 2. The van der Waals surface area contributed by atoms with Gasteiger partial charge in [0, 0.05) is 18.3 Å². The summed E-state index contributed by atoms with van der Waals surface area (Å²) in [5, 5.41) is 4.05. The Morgan fingerprint density at radius 2 is 2.14 bits per heavy atom. The van der Waals surface area contributed by atoms with Crippen molar-refractivity contribution >= 4 is 5.78 Å². The maximum absolute atomic E-state index is 11.8. The Bertz CT molecular complexity index is 286. The van der Waals surface area contributed by atoms with E-state index >= 15 is 0 Å². The van der Waals surface area contributed by atoms with Crippen LogP contribution >= 0.6 is 0 Å². The molecule has 0 aromatic carbocycles. The number of Topliss-reactive ketones (excluding diaryl/α,β-unsaturated/α-hetero) is 1. The highest BCUT2D eigenvalue weighted by atomic mass is 16.1. The molecular formula is C11H16N2O. The minimum atomic E-state index is 0.299. The fraction of sp³-hybridized carbons (Fsp3) is 0.636. The molecule has 3 heteroatoms. The zero-order valence-corrected chi connectivity index (χ0v) is 8.35. The lowest BCUT2D eigenvalue weighted by Crippen LogP contribution is -2.22. The summed E-state index contributed by atoms with van der Waals surface area (Å²) < 4.78 is 1.72. The van der Waals surface area contributed by atoms with Crippen molar-refractivity contribution in [3.63, 3.8) is 0 Å². The molecule has 0 radical (unpaired) electrons. The zero-order valence-electron chi connectivity index (χ0n) is 8.35. The number of carbonyl (C=O) groups is 1. The van der Waals surface area contributed by atoms with Gasteiger partial charge in [0.2, 0.25) is 0 Å². The summed E-state index contributed by atoms with van der Waals surface area (Å²) in [5.41, 5.74) is 0. The van der Waals surface area contributed by atoms with E-state index in [4.69, 9.17) is 0 Å². The van der Waals surface area contributed by atoms with Crippen LogP contribution in [0.1, 0.15) is 32.1 Å². The lowest BCUT2D eigenvalue weighted by Gasteiger charge is -2.19. The van der Waals surface area contributed by atoms with E-state index in [-0.39, 0.29) is 0 Å². The Morgan fingerprint density at radius 3 is 2.79 bits per heavy atom. The van der Waals surface area contributed by atoms with Gasteiger partial charge in [-0.05, 0) is 18.9 Å². The highest BCUT2D eigenvalue weighted by Crippen LogP contribution is 2.24. The summed E-state index contributed by atoms with van der Waals surface area (Å²) in [7, 11) is 0. The molecule has 1 aliphatic rings. The summed E-state index contributed by atoms with van der Waals surface area (Å²) in [6, 6.07) is 1.86. The molecule has 0 saturated heterocycles. The van der Waals surface area contributed by atoms with Gasteiger partial charge in [0.15, 0.2) is 5.78 Å². The van der Waals surface area contributed by atoms with Crippen molar-refractivity contribution in [3.8, 4) is 0 Å². The monoisotopic (exact) mass is 192 g/mol. The van der Waals surface area contributed by atoms with Gasteiger partial charge in [0.25, 0.3) is 0 Å². The SMILES string of the molecule is O=C(Cn1cccn1)C1CCCCC1. The highest BCUT2D eigenvalue weighted by molar-refractivity contribution is 5.80. The van der Waals surface area contributed by atoms with Gasteiger partial charge in [-0.2, -0.15) is 5.10 Å². The van der Waals surface area contributed by atoms with Crippen molar-refractivity contribution in [2.75, 3.05) is 0 Å². The van der Waals surface area contributed by atoms with Gasteiger partial charge in [0.1, 0.15) is 0 Å². The van der Waals surface area contributed by atoms with Crippen molar-refractivity contribution in [1.82, 2.24) is 9.78 Å². The molecule has 0 atom stereocenters. The van der Waals surface area contributed by atoms with Crippen LogP contribution in [0.2, 0.25) is 0 Å². The quantitative estimate of drug-likeness (QED) is 0.734. The van der Waals surface area contributed by atoms with Crippen LogP contribution in [0.5, 0.6) is 0 Å². The van der Waals surface area contributed by atoms with E-state index < -0.39 is 0 Å². The van der Waals surface area contributed by atoms with Gasteiger partial charge < -0.3 is 0 Å². The van der Waals surface area contributed by atoms with E-state index in [1.165, 1.54) is 19.3 Å². The maximum atomic E-state index is 11.8. The summed E-state index contributed by atoms with van der Waals surface area (Å²) in [6.07, 6.45) is 9.46. The molecule has 2 rings (SSSR count). The molecule has 1 aromatic heterocycles. The van der Waals surface area contributed by atoms with Crippen LogP contribution in [0.4, 0.5) is 0 Å². The second-order valence-electron chi connectivity index (χ2n) is 4.00. The smallest absolute Gasteiger partial charge is 0.157 e. The Morgan fingerprint density at radius 1 is 1.36 bits per heavy atom. The normalized spacial score (nSPS) is 18.3. The Balaban J connectivity index is 1.88. The first-order valence-corrected chi connectivity index (χ1v) is 5.36. The van der Waals surface area contributed by atoms with Crippen molar-refractivity contribution in [3.05, 3.63) is 18.5 Å². The Kier molecular flexibility index (Phi) is 2.96. The summed E-state index contributed by atoms with van der Waals surface area (Å²) in [5.74, 6) is 0.654. The van der Waals surface area contributed by atoms with E-state index in [0.717, 1.165) is 12.8 Å². The maximum Gasteiger partial charge on any atom is 0.157 e. The van der Waals surface area contributed by atoms with Crippen LogP contribution in [0, 0.1) is 5.92 Å². The van der Waals surface area contributed by atoms with Gasteiger partial charge >= 0.3 is 0 Å². The number of aromatic nitrogens is 2. The van der Waals surface area contributed by atoms with Crippen molar-refractivity contribution in [2.24, 2.45) is 5.92 Å². The molecule has 1 saturated carbocycles. The molecule has 1 aliphatic carbocycles. The van der Waals surface area contributed by atoms with Crippen LogP contribution in [0.25, 0.3) is 0 Å². The number of nitrogens with zero attached hydrogens (tertiary/aromatic N) is 2. The van der Waals surface area contributed by atoms with E-state index in [2.05, 4.69) is 5.10 Å². The standard InChI is InChI=1S/C11H16N2O/c14-11(9-13-8-4-7-12-13)10-5-2-1-3-6-10/h4,7-8,10H,1-3,5-6,9H2. The Hall–Kier alpha value is -1.12. The topological polar surface area (TPSA) is 34.9 Å². The fourth-order valence-electron chi connectivity index (χ4n) is 2.11. The van der Waals surface area contributed by atoms with Gasteiger partial charge in [-0.25, -0.2) is 0 Å². The summed E-state index contributed by atoms with van der Waals surface area (Å²) in [6.45, 7) is 0.456. The predicted molar refractivity (Wildman–Crippen MR) is 53.8 cm³/mol. The molecule has 0 N–H and O–H groups in total. The van der Waals surface area contributed by atoms with E-state index in [1.54, 1.807) is 10.9 Å². The lowest BCUT2D eigenvalue weighted by atomic mass is 9.86. The van der Waals surface area contributed by atoms with Crippen molar-refractivity contribution in [2.45, 2.75) is 38.6 Å². The predicted octanol–water partition coefficient (Wildman–Crippen LogP) is 2.03. The first-order chi connectivity index (χ1) is 6.86. The lowest BCUT2D eigenvalue weighted by molar-refractivity contribution is -0.124. The number of ketones is 1.